The third-order valence-electron chi connectivity index (χ3n) is 4.98. The Bertz CT molecular complexity index is 888. The molecule has 0 radical (unpaired) electrons. The first-order valence-corrected chi connectivity index (χ1v) is 10.9. The van der Waals surface area contributed by atoms with Crippen LogP contribution in [0.25, 0.3) is 0 Å². The van der Waals surface area contributed by atoms with Crippen molar-refractivity contribution in [2.75, 3.05) is 7.11 Å². The second-order valence-corrected chi connectivity index (χ2v) is 8.16. The molecule has 3 atom stereocenters. The third kappa shape index (κ3) is 8.94. The van der Waals surface area contributed by atoms with E-state index < -0.39 is 36.2 Å². The summed E-state index contributed by atoms with van der Waals surface area (Å²) in [5.41, 5.74) is 1.64. The SMILES string of the molecule is COC(=O)C(O)[C@H](Cc1ccccc1)NC(=O)[C@H](CC(C)C)NC(=O)OCc1ccccc1. The Labute approximate surface area is 194 Å². The van der Waals surface area contributed by atoms with Gasteiger partial charge in [-0.1, -0.05) is 74.5 Å². The van der Waals surface area contributed by atoms with Gasteiger partial charge in [0.25, 0.3) is 0 Å². The zero-order chi connectivity index (χ0) is 24.2. The molecule has 3 N–H and O–H groups in total. The summed E-state index contributed by atoms with van der Waals surface area (Å²) in [6.07, 6.45) is -1.74. The number of alkyl carbamates (subject to hydrolysis) is 1. The molecule has 2 aromatic carbocycles. The van der Waals surface area contributed by atoms with Crippen molar-refractivity contribution in [3.8, 4) is 0 Å². The summed E-state index contributed by atoms with van der Waals surface area (Å²) in [7, 11) is 1.17. The fraction of sp³-hybridized carbons (Fsp3) is 0.400. The summed E-state index contributed by atoms with van der Waals surface area (Å²) in [5, 5.41) is 15.7. The van der Waals surface area contributed by atoms with Gasteiger partial charge in [0.05, 0.1) is 13.2 Å². The molecule has 33 heavy (non-hydrogen) atoms. The number of rotatable bonds is 11. The summed E-state index contributed by atoms with van der Waals surface area (Å²) in [6, 6.07) is 16.5. The lowest BCUT2D eigenvalue weighted by atomic mass is 9.99. The lowest BCUT2D eigenvalue weighted by Crippen LogP contribution is -2.55. The molecule has 0 saturated carbocycles. The van der Waals surface area contributed by atoms with E-state index in [1.165, 1.54) is 7.11 Å². The maximum atomic E-state index is 13.1. The Morgan fingerprint density at radius 2 is 1.48 bits per heavy atom. The van der Waals surface area contributed by atoms with Crippen molar-refractivity contribution in [1.29, 1.82) is 0 Å². The molecule has 2 amide bonds. The number of ether oxygens (including phenoxy) is 2. The number of carbonyl (C=O) groups excluding carboxylic acids is 3. The first-order chi connectivity index (χ1) is 15.8. The first-order valence-electron chi connectivity index (χ1n) is 10.9. The predicted molar refractivity (Wildman–Crippen MR) is 123 cm³/mol. The Kier molecular flexibility index (Phi) is 10.4. The molecule has 0 aliphatic carbocycles. The van der Waals surface area contributed by atoms with Crippen LogP contribution in [-0.4, -0.2) is 48.4 Å². The van der Waals surface area contributed by atoms with Gasteiger partial charge >= 0.3 is 12.1 Å². The van der Waals surface area contributed by atoms with E-state index in [4.69, 9.17) is 4.74 Å². The van der Waals surface area contributed by atoms with Gasteiger partial charge in [-0.15, -0.1) is 0 Å². The molecule has 1 unspecified atom stereocenters. The van der Waals surface area contributed by atoms with Crippen molar-refractivity contribution in [2.45, 2.75) is 51.5 Å². The van der Waals surface area contributed by atoms with Crippen LogP contribution in [-0.2, 0) is 32.1 Å². The number of nitrogens with one attached hydrogen (secondary N) is 2. The Hall–Kier alpha value is -3.39. The van der Waals surface area contributed by atoms with Crippen LogP contribution in [0.2, 0.25) is 0 Å². The number of aliphatic hydroxyl groups excluding tert-OH is 1. The largest absolute Gasteiger partial charge is 0.467 e. The van der Waals surface area contributed by atoms with E-state index in [-0.39, 0.29) is 18.9 Å². The maximum Gasteiger partial charge on any atom is 0.408 e. The molecule has 0 aromatic heterocycles. The zero-order valence-corrected chi connectivity index (χ0v) is 19.2. The topological polar surface area (TPSA) is 114 Å². The van der Waals surface area contributed by atoms with Crippen LogP contribution in [0.3, 0.4) is 0 Å². The Morgan fingerprint density at radius 3 is 2.03 bits per heavy atom. The predicted octanol–water partition coefficient (Wildman–Crippen LogP) is 2.59. The average molecular weight is 457 g/mol. The van der Waals surface area contributed by atoms with Crippen LogP contribution in [0.1, 0.15) is 31.4 Å². The van der Waals surface area contributed by atoms with Gasteiger partial charge in [-0.3, -0.25) is 4.79 Å². The van der Waals surface area contributed by atoms with Crippen LogP contribution < -0.4 is 10.6 Å². The molecule has 2 rings (SSSR count). The second kappa shape index (κ2) is 13.2. The normalized spacial score (nSPS) is 13.5. The highest BCUT2D eigenvalue weighted by atomic mass is 16.5. The molecule has 178 valence electrons. The van der Waals surface area contributed by atoms with E-state index >= 15 is 0 Å². The van der Waals surface area contributed by atoms with E-state index in [1.807, 2.05) is 74.5 Å². The number of aliphatic hydroxyl groups is 1. The van der Waals surface area contributed by atoms with Gasteiger partial charge in [0, 0.05) is 0 Å². The average Bonchev–Trinajstić information content (AvgIpc) is 2.82. The van der Waals surface area contributed by atoms with Crippen molar-refractivity contribution in [1.82, 2.24) is 10.6 Å². The molecule has 0 bridgehead atoms. The van der Waals surface area contributed by atoms with E-state index in [2.05, 4.69) is 15.4 Å². The number of amides is 2. The molecule has 0 saturated heterocycles. The van der Waals surface area contributed by atoms with Crippen molar-refractivity contribution >= 4 is 18.0 Å². The highest BCUT2D eigenvalue weighted by Crippen LogP contribution is 2.11. The fourth-order valence-electron chi connectivity index (χ4n) is 3.29. The summed E-state index contributed by atoms with van der Waals surface area (Å²) < 4.78 is 9.89. The molecule has 0 fully saturated rings. The molecule has 0 aliphatic rings. The summed E-state index contributed by atoms with van der Waals surface area (Å²) in [5.74, 6) is -1.29. The van der Waals surface area contributed by atoms with E-state index in [0.29, 0.717) is 6.42 Å². The number of benzene rings is 2. The fourth-order valence-corrected chi connectivity index (χ4v) is 3.29. The second-order valence-electron chi connectivity index (χ2n) is 8.16. The van der Waals surface area contributed by atoms with Gasteiger partial charge in [-0.25, -0.2) is 9.59 Å². The molecular weight excluding hydrogens is 424 g/mol. The minimum absolute atomic E-state index is 0.0698. The maximum absolute atomic E-state index is 13.1. The highest BCUT2D eigenvalue weighted by molar-refractivity contribution is 5.86. The van der Waals surface area contributed by atoms with E-state index in [9.17, 15) is 19.5 Å². The lowest BCUT2D eigenvalue weighted by Gasteiger charge is -2.26. The number of methoxy groups -OCH3 is 1. The third-order valence-corrected chi connectivity index (χ3v) is 4.98. The molecule has 0 aliphatic heterocycles. The van der Waals surface area contributed by atoms with Crippen molar-refractivity contribution in [3.63, 3.8) is 0 Å². The molecule has 2 aromatic rings. The summed E-state index contributed by atoms with van der Waals surface area (Å²) in [6.45, 7) is 3.91. The Balaban J connectivity index is 2.08. The molecule has 0 heterocycles. The number of carbonyl (C=O) groups is 3. The van der Waals surface area contributed by atoms with Gasteiger partial charge < -0.3 is 25.2 Å². The van der Waals surface area contributed by atoms with Gasteiger partial charge in [0.2, 0.25) is 5.91 Å². The number of esters is 1. The van der Waals surface area contributed by atoms with Gasteiger partial charge in [-0.2, -0.15) is 0 Å². The van der Waals surface area contributed by atoms with Crippen LogP contribution in [0.15, 0.2) is 60.7 Å². The minimum Gasteiger partial charge on any atom is -0.467 e. The van der Waals surface area contributed by atoms with Crippen molar-refractivity contribution < 1.29 is 29.0 Å². The standard InChI is InChI=1S/C25H32N2O6/c1-17(2)14-21(27-25(31)33-16-19-12-8-5-9-13-19)23(29)26-20(22(28)24(30)32-3)15-18-10-6-4-7-11-18/h4-13,17,20-22,28H,14-16H2,1-3H3,(H,26,29)(H,27,31)/t20-,21-,22?/m0/s1. The summed E-state index contributed by atoms with van der Waals surface area (Å²) in [4.78, 5) is 37.4. The highest BCUT2D eigenvalue weighted by Gasteiger charge is 2.32. The monoisotopic (exact) mass is 456 g/mol. The lowest BCUT2D eigenvalue weighted by molar-refractivity contribution is -0.152. The molecule has 8 nitrogen and oxygen atoms in total. The minimum atomic E-state index is -1.57. The van der Waals surface area contributed by atoms with Gasteiger partial charge in [0.1, 0.15) is 12.6 Å². The molecule has 8 heteroatoms. The van der Waals surface area contributed by atoms with Crippen molar-refractivity contribution in [3.05, 3.63) is 71.8 Å². The van der Waals surface area contributed by atoms with E-state index in [0.717, 1.165) is 11.1 Å². The van der Waals surface area contributed by atoms with Crippen LogP contribution >= 0.6 is 0 Å². The molecule has 0 spiro atoms. The Morgan fingerprint density at radius 1 is 0.909 bits per heavy atom. The van der Waals surface area contributed by atoms with Crippen molar-refractivity contribution in [2.24, 2.45) is 5.92 Å². The smallest absolute Gasteiger partial charge is 0.408 e. The first kappa shape index (κ1) is 25.9. The van der Waals surface area contributed by atoms with Crippen LogP contribution in [0.5, 0.6) is 0 Å². The molecular formula is C25H32N2O6. The zero-order valence-electron chi connectivity index (χ0n) is 19.2. The van der Waals surface area contributed by atoms with Crippen LogP contribution in [0.4, 0.5) is 4.79 Å². The van der Waals surface area contributed by atoms with E-state index in [1.54, 1.807) is 0 Å². The quantitative estimate of drug-likeness (QED) is 0.448. The number of hydrogen-bond acceptors (Lipinski definition) is 6. The number of hydrogen-bond donors (Lipinski definition) is 3. The van der Waals surface area contributed by atoms with Gasteiger partial charge in [-0.05, 0) is 29.9 Å². The van der Waals surface area contributed by atoms with Gasteiger partial charge in [0.15, 0.2) is 6.10 Å². The van der Waals surface area contributed by atoms with Crippen LogP contribution in [0, 0.1) is 5.92 Å². The summed E-state index contributed by atoms with van der Waals surface area (Å²) >= 11 is 0.